The third kappa shape index (κ3) is 1.96. The second-order valence-corrected chi connectivity index (χ2v) is 6.05. The second-order valence-electron chi connectivity index (χ2n) is 6.05. The summed E-state index contributed by atoms with van der Waals surface area (Å²) in [4.78, 5) is 0. The second kappa shape index (κ2) is 4.36. The lowest BCUT2D eigenvalue weighted by atomic mass is 9.74. The first-order valence-electron chi connectivity index (χ1n) is 7.09. The molecule has 1 N–H and O–H groups in total. The number of fused-ring (bicyclic) bond motifs is 1. The van der Waals surface area contributed by atoms with Gasteiger partial charge in [-0.3, -0.25) is 0 Å². The summed E-state index contributed by atoms with van der Waals surface area (Å²) in [5, 5.41) is 3.63. The Balaban J connectivity index is 1.82. The molecular formula is C16H23N. The van der Waals surface area contributed by atoms with Crippen molar-refractivity contribution < 1.29 is 0 Å². The van der Waals surface area contributed by atoms with Crippen molar-refractivity contribution in [3.05, 3.63) is 29.3 Å². The Morgan fingerprint density at radius 2 is 1.88 bits per heavy atom. The molecule has 1 aliphatic carbocycles. The molecular weight excluding hydrogens is 206 g/mol. The van der Waals surface area contributed by atoms with Gasteiger partial charge in [-0.15, -0.1) is 0 Å². The van der Waals surface area contributed by atoms with E-state index in [1.807, 2.05) is 0 Å². The molecule has 1 fully saturated rings. The topological polar surface area (TPSA) is 12.0 Å². The van der Waals surface area contributed by atoms with Gasteiger partial charge < -0.3 is 5.32 Å². The van der Waals surface area contributed by atoms with Crippen molar-refractivity contribution in [2.24, 2.45) is 11.8 Å². The van der Waals surface area contributed by atoms with Crippen LogP contribution in [-0.4, -0.2) is 6.54 Å². The van der Waals surface area contributed by atoms with Crippen molar-refractivity contribution in [1.29, 1.82) is 0 Å². The van der Waals surface area contributed by atoms with Gasteiger partial charge in [0.15, 0.2) is 0 Å². The molecule has 0 amide bonds. The van der Waals surface area contributed by atoms with Crippen LogP contribution in [0.25, 0.3) is 0 Å². The van der Waals surface area contributed by atoms with E-state index in [0.717, 1.165) is 17.8 Å². The van der Waals surface area contributed by atoms with Crippen molar-refractivity contribution in [2.75, 3.05) is 11.9 Å². The fourth-order valence-electron chi connectivity index (χ4n) is 3.67. The molecule has 0 saturated heterocycles. The largest absolute Gasteiger partial charge is 0.384 e. The van der Waals surface area contributed by atoms with Crippen molar-refractivity contribution in [2.45, 2.75) is 45.4 Å². The van der Waals surface area contributed by atoms with E-state index in [2.05, 4.69) is 37.4 Å². The zero-order valence-electron chi connectivity index (χ0n) is 11.0. The van der Waals surface area contributed by atoms with Gasteiger partial charge in [0.2, 0.25) is 0 Å². The first-order chi connectivity index (χ1) is 8.25. The van der Waals surface area contributed by atoms with Gasteiger partial charge in [-0.05, 0) is 42.7 Å². The minimum atomic E-state index is 0.775. The predicted molar refractivity (Wildman–Crippen MR) is 73.5 cm³/mol. The number of para-hydroxylation sites is 1. The molecule has 0 radical (unpaired) electrons. The molecule has 2 aliphatic rings. The molecule has 0 aromatic heterocycles. The minimum absolute atomic E-state index is 0.775. The molecule has 1 nitrogen and oxygen atoms in total. The lowest BCUT2D eigenvalue weighted by Crippen LogP contribution is -2.20. The fraction of sp³-hybridized carbons (Fsp3) is 0.625. The van der Waals surface area contributed by atoms with E-state index in [-0.39, 0.29) is 0 Å². The van der Waals surface area contributed by atoms with Crippen LogP contribution in [0.5, 0.6) is 0 Å². The zero-order chi connectivity index (χ0) is 11.8. The summed E-state index contributed by atoms with van der Waals surface area (Å²) >= 11 is 0. The summed E-state index contributed by atoms with van der Waals surface area (Å²) in [6, 6.07) is 6.78. The average molecular weight is 229 g/mol. The van der Waals surface area contributed by atoms with E-state index >= 15 is 0 Å². The van der Waals surface area contributed by atoms with Crippen molar-refractivity contribution in [3.63, 3.8) is 0 Å². The van der Waals surface area contributed by atoms with Crippen LogP contribution in [0.1, 0.15) is 49.7 Å². The summed E-state index contributed by atoms with van der Waals surface area (Å²) < 4.78 is 0. The van der Waals surface area contributed by atoms with Crippen LogP contribution >= 0.6 is 0 Å². The van der Waals surface area contributed by atoms with Crippen LogP contribution < -0.4 is 5.32 Å². The quantitative estimate of drug-likeness (QED) is 0.755. The van der Waals surface area contributed by atoms with Gasteiger partial charge in [0.05, 0.1) is 0 Å². The smallest absolute Gasteiger partial charge is 0.0406 e. The zero-order valence-corrected chi connectivity index (χ0v) is 11.0. The monoisotopic (exact) mass is 229 g/mol. The Kier molecular flexibility index (Phi) is 2.85. The molecule has 1 aromatic rings. The van der Waals surface area contributed by atoms with Crippen LogP contribution in [0.3, 0.4) is 0 Å². The summed E-state index contributed by atoms with van der Waals surface area (Å²) in [7, 11) is 0. The molecule has 1 aromatic carbocycles. The highest BCUT2D eigenvalue weighted by Crippen LogP contribution is 2.44. The van der Waals surface area contributed by atoms with E-state index in [0.29, 0.717) is 0 Å². The maximum atomic E-state index is 3.63. The van der Waals surface area contributed by atoms with E-state index in [1.165, 1.54) is 43.5 Å². The molecule has 1 atom stereocenters. The minimum Gasteiger partial charge on any atom is -0.384 e. The van der Waals surface area contributed by atoms with Crippen molar-refractivity contribution >= 4 is 5.69 Å². The highest BCUT2D eigenvalue weighted by atomic mass is 14.9. The van der Waals surface area contributed by atoms with Crippen molar-refractivity contribution in [3.8, 4) is 0 Å². The van der Waals surface area contributed by atoms with Crippen LogP contribution in [0.4, 0.5) is 5.69 Å². The average Bonchev–Trinajstić information content (AvgIpc) is 2.75. The Morgan fingerprint density at radius 1 is 1.12 bits per heavy atom. The Labute approximate surface area is 105 Å². The Morgan fingerprint density at radius 3 is 2.65 bits per heavy atom. The molecule has 0 bridgehead atoms. The number of benzene rings is 1. The molecule has 1 unspecified atom stereocenters. The van der Waals surface area contributed by atoms with Gasteiger partial charge in [0.25, 0.3) is 0 Å². The van der Waals surface area contributed by atoms with Gasteiger partial charge in [0, 0.05) is 18.2 Å². The van der Waals surface area contributed by atoms with E-state index in [1.54, 1.807) is 5.56 Å². The van der Waals surface area contributed by atoms with Crippen molar-refractivity contribution in [1.82, 2.24) is 0 Å². The standard InChI is InChI=1S/C16H23N/c1-11-6-8-13(9-7-11)15-10-17-16-12(2)4-3-5-14(15)16/h3-5,11,13,15,17H,6-10H2,1-2H3. The van der Waals surface area contributed by atoms with E-state index < -0.39 is 0 Å². The molecule has 0 spiro atoms. The van der Waals surface area contributed by atoms with Gasteiger partial charge in [-0.25, -0.2) is 0 Å². The molecule has 17 heavy (non-hydrogen) atoms. The van der Waals surface area contributed by atoms with Gasteiger partial charge in [0.1, 0.15) is 0 Å². The summed E-state index contributed by atoms with van der Waals surface area (Å²) in [6.07, 6.45) is 5.73. The first kappa shape index (κ1) is 11.1. The van der Waals surface area contributed by atoms with Crippen LogP contribution in [-0.2, 0) is 0 Å². The fourth-order valence-corrected chi connectivity index (χ4v) is 3.67. The third-order valence-corrected chi connectivity index (χ3v) is 4.83. The number of rotatable bonds is 1. The lowest BCUT2D eigenvalue weighted by Gasteiger charge is -2.30. The van der Waals surface area contributed by atoms with E-state index in [9.17, 15) is 0 Å². The highest BCUT2D eigenvalue weighted by Gasteiger charge is 2.32. The molecule has 1 heterocycles. The maximum Gasteiger partial charge on any atom is 0.0406 e. The lowest BCUT2D eigenvalue weighted by molar-refractivity contribution is 0.261. The number of hydrogen-bond donors (Lipinski definition) is 1. The molecule has 1 aliphatic heterocycles. The first-order valence-corrected chi connectivity index (χ1v) is 7.09. The van der Waals surface area contributed by atoms with Crippen LogP contribution in [0.15, 0.2) is 18.2 Å². The van der Waals surface area contributed by atoms with Crippen LogP contribution in [0.2, 0.25) is 0 Å². The summed E-state index contributed by atoms with van der Waals surface area (Å²) in [5.41, 5.74) is 4.43. The van der Waals surface area contributed by atoms with E-state index in [4.69, 9.17) is 0 Å². The molecule has 1 heteroatoms. The normalized spacial score (nSPS) is 32.0. The number of aryl methyl sites for hydroxylation is 1. The Hall–Kier alpha value is -0.980. The number of anilines is 1. The maximum absolute atomic E-state index is 3.63. The number of nitrogens with one attached hydrogen (secondary N) is 1. The Bertz CT molecular complexity index is 402. The third-order valence-electron chi connectivity index (χ3n) is 4.83. The predicted octanol–water partition coefficient (Wildman–Crippen LogP) is 4.33. The molecule has 3 rings (SSSR count). The van der Waals surface area contributed by atoms with Gasteiger partial charge in [-0.2, -0.15) is 0 Å². The number of hydrogen-bond acceptors (Lipinski definition) is 1. The molecule has 92 valence electrons. The summed E-state index contributed by atoms with van der Waals surface area (Å²) in [6.45, 7) is 5.79. The van der Waals surface area contributed by atoms with Gasteiger partial charge >= 0.3 is 0 Å². The SMILES string of the molecule is Cc1cccc2c1NCC2C1CCC(C)CC1. The van der Waals surface area contributed by atoms with Crippen LogP contribution in [0, 0.1) is 18.8 Å². The van der Waals surface area contributed by atoms with Gasteiger partial charge in [-0.1, -0.05) is 38.0 Å². The molecule has 1 saturated carbocycles. The summed E-state index contributed by atoms with van der Waals surface area (Å²) in [5.74, 6) is 2.65. The highest BCUT2D eigenvalue weighted by molar-refractivity contribution is 5.62.